The van der Waals surface area contributed by atoms with Crippen LogP contribution in [0.15, 0.2) is 0 Å². The first-order valence-electron chi connectivity index (χ1n) is 7.51. The van der Waals surface area contributed by atoms with E-state index in [9.17, 15) is 10.2 Å². The molecule has 0 saturated heterocycles. The van der Waals surface area contributed by atoms with Crippen molar-refractivity contribution >= 4 is 0 Å². The fraction of sp³-hybridized carbons (Fsp3) is 1.00. The van der Waals surface area contributed by atoms with Crippen LogP contribution in [0.1, 0.15) is 59.8 Å². The minimum atomic E-state index is -0.270. The molecule has 0 amide bonds. The van der Waals surface area contributed by atoms with Gasteiger partial charge in [-0.3, -0.25) is 0 Å². The van der Waals surface area contributed by atoms with Crippen LogP contribution in [-0.2, 0) is 4.74 Å². The summed E-state index contributed by atoms with van der Waals surface area (Å²) in [6, 6.07) is 0. The number of rotatable bonds is 6. The second kappa shape index (κ2) is 7.46. The van der Waals surface area contributed by atoms with Crippen LogP contribution < -0.4 is 0 Å². The number of hydrogen-bond acceptors (Lipinski definition) is 3. The molecule has 0 heterocycles. The molecule has 1 aliphatic carbocycles. The fourth-order valence-electron chi connectivity index (χ4n) is 3.12. The number of aliphatic hydroxyl groups is 2. The zero-order valence-electron chi connectivity index (χ0n) is 12.3. The number of ether oxygens (including phenoxy) is 1. The van der Waals surface area contributed by atoms with Crippen LogP contribution in [0.3, 0.4) is 0 Å². The maximum atomic E-state index is 10.1. The maximum Gasteiger partial charge on any atom is 0.0635 e. The molecule has 0 spiro atoms. The van der Waals surface area contributed by atoms with Crippen molar-refractivity contribution in [1.29, 1.82) is 0 Å². The zero-order valence-corrected chi connectivity index (χ0v) is 12.3. The molecule has 1 aliphatic rings. The van der Waals surface area contributed by atoms with Crippen molar-refractivity contribution in [3.8, 4) is 0 Å². The Balaban J connectivity index is 2.66. The molecule has 0 aromatic rings. The predicted octanol–water partition coefficient (Wildman–Crippen LogP) is 2.74. The van der Waals surface area contributed by atoms with E-state index in [2.05, 4.69) is 0 Å². The molecule has 1 rings (SSSR count). The fourth-order valence-corrected chi connectivity index (χ4v) is 3.12. The van der Waals surface area contributed by atoms with Crippen molar-refractivity contribution in [2.75, 3.05) is 0 Å². The van der Waals surface area contributed by atoms with E-state index in [1.165, 1.54) is 0 Å². The minimum absolute atomic E-state index is 0.0971. The third-order valence-corrected chi connectivity index (χ3v) is 4.21. The zero-order chi connectivity index (χ0) is 13.7. The summed E-state index contributed by atoms with van der Waals surface area (Å²) in [5, 5.41) is 20.1. The molecule has 0 radical (unpaired) electrons. The van der Waals surface area contributed by atoms with Gasteiger partial charge in [-0.1, -0.05) is 13.8 Å². The first kappa shape index (κ1) is 15.9. The van der Waals surface area contributed by atoms with E-state index >= 15 is 0 Å². The summed E-state index contributed by atoms with van der Waals surface area (Å²) in [5.74, 6) is 0.566. The van der Waals surface area contributed by atoms with Gasteiger partial charge in [-0.25, -0.2) is 0 Å². The lowest BCUT2D eigenvalue weighted by atomic mass is 9.74. The second-order valence-corrected chi connectivity index (χ2v) is 5.91. The third kappa shape index (κ3) is 4.22. The molecule has 5 unspecified atom stereocenters. The van der Waals surface area contributed by atoms with E-state index in [4.69, 9.17) is 4.74 Å². The van der Waals surface area contributed by atoms with Crippen LogP contribution >= 0.6 is 0 Å². The Bertz CT molecular complexity index is 230. The summed E-state index contributed by atoms with van der Waals surface area (Å²) in [5.41, 5.74) is 0. The SMILES string of the molecule is CCC(O)C1CCC(C(O)CC)C(OC(C)C)C1. The molecular formula is C15H30O3. The number of hydrogen-bond donors (Lipinski definition) is 2. The first-order valence-corrected chi connectivity index (χ1v) is 7.51. The van der Waals surface area contributed by atoms with Crippen LogP contribution in [-0.4, -0.2) is 34.6 Å². The van der Waals surface area contributed by atoms with Crippen LogP contribution in [0.4, 0.5) is 0 Å². The minimum Gasteiger partial charge on any atom is -0.393 e. The van der Waals surface area contributed by atoms with Crippen molar-refractivity contribution in [1.82, 2.24) is 0 Å². The van der Waals surface area contributed by atoms with Gasteiger partial charge in [0.1, 0.15) is 0 Å². The molecule has 18 heavy (non-hydrogen) atoms. The molecule has 1 fully saturated rings. The van der Waals surface area contributed by atoms with Crippen molar-refractivity contribution in [3.63, 3.8) is 0 Å². The highest BCUT2D eigenvalue weighted by Gasteiger charge is 2.37. The Morgan fingerprint density at radius 3 is 2.17 bits per heavy atom. The standard InChI is InChI=1S/C15H30O3/c1-5-13(16)11-7-8-12(14(17)6-2)15(9-11)18-10(3)4/h10-17H,5-9H2,1-4H3. The van der Waals surface area contributed by atoms with E-state index < -0.39 is 0 Å². The van der Waals surface area contributed by atoms with Crippen LogP contribution in [0.25, 0.3) is 0 Å². The van der Waals surface area contributed by atoms with Crippen molar-refractivity contribution < 1.29 is 14.9 Å². The van der Waals surface area contributed by atoms with Gasteiger partial charge in [0.05, 0.1) is 24.4 Å². The van der Waals surface area contributed by atoms with Gasteiger partial charge in [-0.05, 0) is 51.9 Å². The van der Waals surface area contributed by atoms with Crippen molar-refractivity contribution in [2.24, 2.45) is 11.8 Å². The summed E-state index contributed by atoms with van der Waals surface area (Å²) in [6.45, 7) is 8.12. The molecule has 1 saturated carbocycles. The van der Waals surface area contributed by atoms with Gasteiger partial charge in [-0.15, -0.1) is 0 Å². The number of aliphatic hydroxyl groups excluding tert-OH is 2. The van der Waals surface area contributed by atoms with Crippen LogP contribution in [0.5, 0.6) is 0 Å². The maximum absolute atomic E-state index is 10.1. The van der Waals surface area contributed by atoms with Crippen LogP contribution in [0, 0.1) is 11.8 Å². The lowest BCUT2D eigenvalue weighted by Crippen LogP contribution is -2.42. The quantitative estimate of drug-likeness (QED) is 0.770. The molecule has 5 atom stereocenters. The molecule has 0 aliphatic heterocycles. The second-order valence-electron chi connectivity index (χ2n) is 5.91. The topological polar surface area (TPSA) is 49.7 Å². The van der Waals surface area contributed by atoms with E-state index in [-0.39, 0.29) is 30.3 Å². The van der Waals surface area contributed by atoms with Gasteiger partial charge in [-0.2, -0.15) is 0 Å². The summed E-state index contributed by atoms with van der Waals surface area (Å²) in [6.07, 6.45) is 4.23. The Morgan fingerprint density at radius 2 is 1.67 bits per heavy atom. The highest BCUT2D eigenvalue weighted by molar-refractivity contribution is 4.87. The van der Waals surface area contributed by atoms with Crippen molar-refractivity contribution in [3.05, 3.63) is 0 Å². The van der Waals surface area contributed by atoms with Gasteiger partial charge < -0.3 is 14.9 Å². The summed E-state index contributed by atoms with van der Waals surface area (Å²) in [7, 11) is 0. The molecule has 3 nitrogen and oxygen atoms in total. The lowest BCUT2D eigenvalue weighted by Gasteiger charge is -2.40. The average Bonchev–Trinajstić information content (AvgIpc) is 2.36. The highest BCUT2D eigenvalue weighted by atomic mass is 16.5. The molecule has 3 heteroatoms. The monoisotopic (exact) mass is 258 g/mol. The smallest absolute Gasteiger partial charge is 0.0635 e. The van der Waals surface area contributed by atoms with E-state index in [0.717, 1.165) is 32.1 Å². The predicted molar refractivity (Wildman–Crippen MR) is 73.4 cm³/mol. The Labute approximate surface area is 112 Å². The Morgan fingerprint density at radius 1 is 1.06 bits per heavy atom. The van der Waals surface area contributed by atoms with Crippen molar-refractivity contribution in [2.45, 2.75) is 84.2 Å². The summed E-state index contributed by atoms with van der Waals surface area (Å²) >= 11 is 0. The van der Waals surface area contributed by atoms with Gasteiger partial charge >= 0.3 is 0 Å². The molecule has 0 aromatic heterocycles. The third-order valence-electron chi connectivity index (χ3n) is 4.21. The molecule has 2 N–H and O–H groups in total. The molecule has 108 valence electrons. The summed E-state index contributed by atoms with van der Waals surface area (Å²) in [4.78, 5) is 0. The van der Waals surface area contributed by atoms with Gasteiger partial charge in [0.15, 0.2) is 0 Å². The van der Waals surface area contributed by atoms with Gasteiger partial charge in [0.25, 0.3) is 0 Å². The van der Waals surface area contributed by atoms with Gasteiger partial charge in [0.2, 0.25) is 0 Å². The summed E-state index contributed by atoms with van der Waals surface area (Å²) < 4.78 is 5.98. The van der Waals surface area contributed by atoms with Crippen LogP contribution in [0.2, 0.25) is 0 Å². The first-order chi connectivity index (χ1) is 8.49. The lowest BCUT2D eigenvalue weighted by molar-refractivity contribution is -0.104. The van der Waals surface area contributed by atoms with E-state index in [1.54, 1.807) is 0 Å². The van der Waals surface area contributed by atoms with Gasteiger partial charge in [0, 0.05) is 5.92 Å². The molecular weight excluding hydrogens is 228 g/mol. The normalized spacial score (nSPS) is 32.5. The average molecular weight is 258 g/mol. The van der Waals surface area contributed by atoms with E-state index in [1.807, 2.05) is 27.7 Å². The molecule has 0 aromatic carbocycles. The van der Waals surface area contributed by atoms with E-state index in [0.29, 0.717) is 5.92 Å². The largest absolute Gasteiger partial charge is 0.393 e. The Hall–Kier alpha value is -0.120. The Kier molecular flexibility index (Phi) is 6.61. The highest BCUT2D eigenvalue weighted by Crippen LogP contribution is 2.36. The molecule has 0 bridgehead atoms.